The first kappa shape index (κ1) is 14.7. The summed E-state index contributed by atoms with van der Waals surface area (Å²) in [6.45, 7) is 8.30. The fourth-order valence-corrected chi connectivity index (χ4v) is 1.98. The predicted octanol–water partition coefficient (Wildman–Crippen LogP) is 1.74. The molecule has 1 heterocycles. The lowest BCUT2D eigenvalue weighted by Crippen LogP contribution is -2.35. The minimum atomic E-state index is -0.0958. The molecule has 0 bridgehead atoms. The highest BCUT2D eigenvalue weighted by atomic mass is 16.1. The van der Waals surface area contributed by atoms with Crippen LogP contribution in [0.5, 0.6) is 0 Å². The van der Waals surface area contributed by atoms with Crippen LogP contribution >= 0.6 is 0 Å². The molecule has 1 aromatic rings. The lowest BCUT2D eigenvalue weighted by atomic mass is 9.87. The average molecular weight is 252 g/mol. The van der Waals surface area contributed by atoms with Gasteiger partial charge in [-0.25, -0.2) is 0 Å². The van der Waals surface area contributed by atoms with Crippen molar-refractivity contribution < 1.29 is 4.79 Å². The van der Waals surface area contributed by atoms with Crippen molar-refractivity contribution >= 4 is 5.91 Å². The van der Waals surface area contributed by atoms with Crippen molar-refractivity contribution in [3.63, 3.8) is 0 Å². The van der Waals surface area contributed by atoms with Crippen molar-refractivity contribution in [1.29, 1.82) is 0 Å². The number of H-pyrrole nitrogens is 1. The quantitative estimate of drug-likeness (QED) is 0.746. The van der Waals surface area contributed by atoms with Gasteiger partial charge in [-0.2, -0.15) is 5.10 Å². The van der Waals surface area contributed by atoms with Crippen LogP contribution in [0.25, 0.3) is 0 Å². The number of nitrogens with one attached hydrogen (secondary N) is 2. The fourth-order valence-electron chi connectivity index (χ4n) is 1.98. The van der Waals surface area contributed by atoms with Crippen molar-refractivity contribution in [1.82, 2.24) is 15.5 Å². The van der Waals surface area contributed by atoms with Gasteiger partial charge in [0.15, 0.2) is 0 Å². The van der Waals surface area contributed by atoms with Crippen molar-refractivity contribution in [2.45, 2.75) is 52.6 Å². The zero-order valence-corrected chi connectivity index (χ0v) is 11.7. The Morgan fingerprint density at radius 2 is 2.22 bits per heavy atom. The van der Waals surface area contributed by atoms with E-state index in [0.717, 1.165) is 12.0 Å². The molecule has 5 heteroatoms. The first-order valence-corrected chi connectivity index (χ1v) is 6.31. The van der Waals surface area contributed by atoms with Crippen molar-refractivity contribution in [3.8, 4) is 0 Å². The average Bonchev–Trinajstić information content (AvgIpc) is 2.65. The van der Waals surface area contributed by atoms with E-state index in [2.05, 4.69) is 36.3 Å². The van der Waals surface area contributed by atoms with Gasteiger partial charge in [0.25, 0.3) is 0 Å². The second kappa shape index (κ2) is 6.00. The highest BCUT2D eigenvalue weighted by Gasteiger charge is 2.19. The molecule has 0 saturated carbocycles. The molecule has 2 unspecified atom stereocenters. The first-order valence-electron chi connectivity index (χ1n) is 6.31. The molecule has 102 valence electrons. The van der Waals surface area contributed by atoms with Gasteiger partial charge < -0.3 is 11.1 Å². The lowest BCUT2D eigenvalue weighted by molar-refractivity contribution is -0.122. The molecule has 1 amide bonds. The lowest BCUT2D eigenvalue weighted by Gasteiger charge is -2.23. The standard InChI is InChI=1S/C13H24N4O/c1-9(10-7-15-16-8-10)17-12(18)5-11(14)6-13(2,3)4/h7-9,11H,5-6,14H2,1-4H3,(H,15,16)(H,17,18). The third-order valence-corrected chi connectivity index (χ3v) is 2.72. The summed E-state index contributed by atoms with van der Waals surface area (Å²) < 4.78 is 0. The molecule has 2 atom stereocenters. The molecule has 0 aromatic carbocycles. The van der Waals surface area contributed by atoms with Gasteiger partial charge in [-0.15, -0.1) is 0 Å². The number of nitrogens with zero attached hydrogens (tertiary/aromatic N) is 1. The van der Waals surface area contributed by atoms with E-state index in [-0.39, 0.29) is 23.4 Å². The van der Waals surface area contributed by atoms with Gasteiger partial charge in [0.05, 0.1) is 12.2 Å². The molecule has 0 saturated heterocycles. The maximum Gasteiger partial charge on any atom is 0.222 e. The Kier molecular flexibility index (Phi) is 4.90. The molecular formula is C13H24N4O. The summed E-state index contributed by atoms with van der Waals surface area (Å²) in [6.07, 6.45) is 4.68. The third-order valence-electron chi connectivity index (χ3n) is 2.72. The van der Waals surface area contributed by atoms with Gasteiger partial charge in [0, 0.05) is 24.2 Å². The smallest absolute Gasteiger partial charge is 0.222 e. The molecule has 4 N–H and O–H groups in total. The van der Waals surface area contributed by atoms with E-state index in [0.29, 0.717) is 6.42 Å². The Labute approximate surface area is 109 Å². The van der Waals surface area contributed by atoms with Gasteiger partial charge in [0.1, 0.15) is 0 Å². The summed E-state index contributed by atoms with van der Waals surface area (Å²) in [5.74, 6) is -0.0135. The van der Waals surface area contributed by atoms with Gasteiger partial charge in [0.2, 0.25) is 5.91 Å². The SMILES string of the molecule is CC(NC(=O)CC(N)CC(C)(C)C)c1cn[nH]c1. The Morgan fingerprint density at radius 3 is 2.72 bits per heavy atom. The number of nitrogens with two attached hydrogens (primary N) is 1. The van der Waals surface area contributed by atoms with Crippen LogP contribution in [0.4, 0.5) is 0 Å². The number of aromatic nitrogens is 2. The number of carbonyl (C=O) groups is 1. The normalized spacial score (nSPS) is 15.2. The number of carbonyl (C=O) groups excluding carboxylic acids is 1. The minimum Gasteiger partial charge on any atom is -0.349 e. The Morgan fingerprint density at radius 1 is 1.56 bits per heavy atom. The minimum absolute atomic E-state index is 0.0135. The van der Waals surface area contributed by atoms with Crippen LogP contribution in [0.15, 0.2) is 12.4 Å². The van der Waals surface area contributed by atoms with Crippen LogP contribution in [0.3, 0.4) is 0 Å². The number of amides is 1. The van der Waals surface area contributed by atoms with Crippen LogP contribution in [-0.2, 0) is 4.79 Å². The zero-order valence-electron chi connectivity index (χ0n) is 11.7. The van der Waals surface area contributed by atoms with Gasteiger partial charge >= 0.3 is 0 Å². The summed E-state index contributed by atoms with van der Waals surface area (Å²) in [6, 6.07) is -0.139. The maximum absolute atomic E-state index is 11.8. The summed E-state index contributed by atoms with van der Waals surface area (Å²) in [4.78, 5) is 11.8. The van der Waals surface area contributed by atoms with Crippen molar-refractivity contribution in [2.75, 3.05) is 0 Å². The monoisotopic (exact) mass is 252 g/mol. The van der Waals surface area contributed by atoms with E-state index < -0.39 is 0 Å². The molecule has 0 radical (unpaired) electrons. The Hall–Kier alpha value is -1.36. The van der Waals surface area contributed by atoms with Crippen LogP contribution in [0.2, 0.25) is 0 Å². The molecule has 0 aliphatic rings. The van der Waals surface area contributed by atoms with Crippen LogP contribution in [0, 0.1) is 5.41 Å². The molecule has 0 spiro atoms. The van der Waals surface area contributed by atoms with Crippen LogP contribution in [0.1, 0.15) is 52.1 Å². The molecule has 5 nitrogen and oxygen atoms in total. The second-order valence-corrected chi connectivity index (χ2v) is 6.05. The highest BCUT2D eigenvalue weighted by Crippen LogP contribution is 2.21. The van der Waals surface area contributed by atoms with Gasteiger partial charge in [-0.3, -0.25) is 9.89 Å². The summed E-state index contributed by atoms with van der Waals surface area (Å²) in [5.41, 5.74) is 7.09. The van der Waals surface area contributed by atoms with Crippen molar-refractivity contribution in [3.05, 3.63) is 18.0 Å². The van der Waals surface area contributed by atoms with Gasteiger partial charge in [-0.1, -0.05) is 20.8 Å². The largest absolute Gasteiger partial charge is 0.349 e. The molecule has 1 rings (SSSR count). The molecular weight excluding hydrogens is 228 g/mol. The number of hydrogen-bond donors (Lipinski definition) is 3. The van der Waals surface area contributed by atoms with Crippen LogP contribution < -0.4 is 11.1 Å². The fraction of sp³-hybridized carbons (Fsp3) is 0.692. The molecule has 18 heavy (non-hydrogen) atoms. The van der Waals surface area contributed by atoms with E-state index >= 15 is 0 Å². The first-order chi connectivity index (χ1) is 8.28. The third kappa shape index (κ3) is 5.31. The molecule has 0 fully saturated rings. The summed E-state index contributed by atoms with van der Waals surface area (Å²) in [5, 5.41) is 9.51. The number of rotatable bonds is 5. The number of aromatic amines is 1. The molecule has 0 aliphatic heterocycles. The summed E-state index contributed by atoms with van der Waals surface area (Å²) in [7, 11) is 0. The number of hydrogen-bond acceptors (Lipinski definition) is 3. The van der Waals surface area contributed by atoms with E-state index in [1.807, 2.05) is 6.92 Å². The van der Waals surface area contributed by atoms with E-state index in [9.17, 15) is 4.79 Å². The van der Waals surface area contributed by atoms with Crippen molar-refractivity contribution in [2.24, 2.45) is 11.1 Å². The van der Waals surface area contributed by atoms with E-state index in [1.54, 1.807) is 12.4 Å². The summed E-state index contributed by atoms with van der Waals surface area (Å²) >= 11 is 0. The second-order valence-electron chi connectivity index (χ2n) is 6.05. The molecule has 0 aliphatic carbocycles. The Balaban J connectivity index is 2.38. The zero-order chi connectivity index (χ0) is 13.8. The van der Waals surface area contributed by atoms with E-state index in [1.165, 1.54) is 0 Å². The topological polar surface area (TPSA) is 83.8 Å². The maximum atomic E-state index is 11.8. The predicted molar refractivity (Wildman–Crippen MR) is 71.8 cm³/mol. The molecule has 1 aromatic heterocycles. The van der Waals surface area contributed by atoms with Gasteiger partial charge in [-0.05, 0) is 18.8 Å². The van der Waals surface area contributed by atoms with E-state index in [4.69, 9.17) is 5.73 Å². The highest BCUT2D eigenvalue weighted by molar-refractivity contribution is 5.77. The van der Waals surface area contributed by atoms with Crippen LogP contribution in [-0.4, -0.2) is 22.1 Å². The Bertz CT molecular complexity index is 367.